The number of hydrogen-bond donors (Lipinski definition) is 1. The molecule has 1 aliphatic heterocycles. The topological polar surface area (TPSA) is 83.1 Å². The minimum atomic E-state index is -0.366. The third-order valence-corrected chi connectivity index (χ3v) is 4.29. The molecule has 2 aromatic rings. The highest BCUT2D eigenvalue weighted by Crippen LogP contribution is 2.37. The average Bonchev–Trinajstić information content (AvgIpc) is 2.92. The van der Waals surface area contributed by atoms with E-state index in [9.17, 15) is 9.59 Å². The van der Waals surface area contributed by atoms with E-state index in [1.54, 1.807) is 36.4 Å². The first-order valence-corrected chi connectivity index (χ1v) is 9.10. The molecule has 0 unspecified atom stereocenters. The van der Waals surface area contributed by atoms with E-state index in [1.165, 1.54) is 7.11 Å². The lowest BCUT2D eigenvalue weighted by molar-refractivity contribution is -0.139. The van der Waals surface area contributed by atoms with E-state index in [1.807, 2.05) is 0 Å². The molecule has 0 atom stereocenters. The SMILES string of the molecule is COC(=O)Cc1ccc(OCC(=O)Nc2cc3c(cc2Cl)OCCCO3)cc1. The van der Waals surface area contributed by atoms with Gasteiger partial charge in [0.2, 0.25) is 0 Å². The van der Waals surface area contributed by atoms with Crippen LogP contribution in [0.3, 0.4) is 0 Å². The van der Waals surface area contributed by atoms with Gasteiger partial charge in [0, 0.05) is 18.6 Å². The van der Waals surface area contributed by atoms with Crippen molar-refractivity contribution in [2.45, 2.75) is 12.8 Å². The van der Waals surface area contributed by atoms with Crippen molar-refractivity contribution in [3.8, 4) is 17.2 Å². The van der Waals surface area contributed by atoms with E-state index in [4.69, 9.17) is 25.8 Å². The third kappa shape index (κ3) is 5.29. The highest BCUT2D eigenvalue weighted by atomic mass is 35.5. The van der Waals surface area contributed by atoms with Gasteiger partial charge >= 0.3 is 5.97 Å². The van der Waals surface area contributed by atoms with Crippen molar-refractivity contribution in [2.24, 2.45) is 0 Å². The van der Waals surface area contributed by atoms with Crippen molar-refractivity contribution in [1.82, 2.24) is 0 Å². The minimum absolute atomic E-state index is 0.180. The highest BCUT2D eigenvalue weighted by Gasteiger charge is 2.16. The standard InChI is InChI=1S/C20H20ClNO6/c1-25-20(24)9-13-3-5-14(6-4-13)28-12-19(23)22-16-11-18-17(10-15(16)21)26-7-2-8-27-18/h3-6,10-11H,2,7-9,12H2,1H3,(H,22,23). The lowest BCUT2D eigenvalue weighted by Crippen LogP contribution is -2.20. The van der Waals surface area contributed by atoms with Crippen molar-refractivity contribution in [2.75, 3.05) is 32.2 Å². The molecule has 0 radical (unpaired) electrons. The second-order valence-electron chi connectivity index (χ2n) is 6.06. The summed E-state index contributed by atoms with van der Waals surface area (Å²) in [6.45, 7) is 0.902. The molecule has 0 saturated heterocycles. The number of carbonyl (C=O) groups is 2. The van der Waals surface area contributed by atoms with Crippen molar-refractivity contribution in [1.29, 1.82) is 0 Å². The number of rotatable bonds is 6. The van der Waals surface area contributed by atoms with Crippen LogP contribution in [0.4, 0.5) is 5.69 Å². The minimum Gasteiger partial charge on any atom is -0.490 e. The van der Waals surface area contributed by atoms with E-state index < -0.39 is 0 Å². The van der Waals surface area contributed by atoms with E-state index in [2.05, 4.69) is 10.1 Å². The van der Waals surface area contributed by atoms with Gasteiger partial charge in [-0.1, -0.05) is 23.7 Å². The molecule has 1 heterocycles. The van der Waals surface area contributed by atoms with Crippen LogP contribution in [0.1, 0.15) is 12.0 Å². The summed E-state index contributed by atoms with van der Waals surface area (Å²) in [5, 5.41) is 3.06. The number of nitrogens with one attached hydrogen (secondary N) is 1. The van der Waals surface area contributed by atoms with Crippen LogP contribution < -0.4 is 19.5 Å². The summed E-state index contributed by atoms with van der Waals surface area (Å²) in [4.78, 5) is 23.5. The Bertz CT molecular complexity index is 853. The number of carbonyl (C=O) groups excluding carboxylic acids is 2. The van der Waals surface area contributed by atoms with Gasteiger partial charge in [0.1, 0.15) is 5.75 Å². The molecule has 1 amide bonds. The van der Waals surface area contributed by atoms with Gasteiger partial charge in [0.05, 0.1) is 37.5 Å². The molecule has 2 aromatic carbocycles. The fourth-order valence-electron chi connectivity index (χ4n) is 2.56. The fraction of sp³-hybridized carbons (Fsp3) is 0.300. The van der Waals surface area contributed by atoms with Gasteiger partial charge in [0.15, 0.2) is 18.1 Å². The molecule has 0 aliphatic carbocycles. The second-order valence-corrected chi connectivity index (χ2v) is 6.47. The monoisotopic (exact) mass is 405 g/mol. The maximum absolute atomic E-state index is 12.2. The summed E-state index contributed by atoms with van der Waals surface area (Å²) in [5.74, 6) is 0.923. The molecule has 0 spiro atoms. The number of anilines is 1. The van der Waals surface area contributed by atoms with Gasteiger partial charge in [0.25, 0.3) is 5.91 Å². The summed E-state index contributed by atoms with van der Waals surface area (Å²) < 4.78 is 21.3. The molecule has 0 aromatic heterocycles. The number of ether oxygens (including phenoxy) is 4. The van der Waals surface area contributed by atoms with E-state index in [-0.39, 0.29) is 24.9 Å². The Balaban J connectivity index is 1.56. The Hall–Kier alpha value is -2.93. The summed E-state index contributed by atoms with van der Waals surface area (Å²) in [6.07, 6.45) is 0.958. The smallest absolute Gasteiger partial charge is 0.309 e. The first-order chi connectivity index (χ1) is 13.5. The first kappa shape index (κ1) is 19.8. The Kier molecular flexibility index (Phi) is 6.60. The second kappa shape index (κ2) is 9.32. The maximum Gasteiger partial charge on any atom is 0.309 e. The molecule has 1 N–H and O–H groups in total. The van der Waals surface area contributed by atoms with E-state index in [0.29, 0.717) is 41.2 Å². The Morgan fingerprint density at radius 2 is 1.79 bits per heavy atom. The van der Waals surface area contributed by atoms with Crippen LogP contribution in [0.25, 0.3) is 0 Å². The molecule has 0 saturated carbocycles. The van der Waals surface area contributed by atoms with Gasteiger partial charge in [-0.2, -0.15) is 0 Å². The Labute approximate surface area is 167 Å². The van der Waals surface area contributed by atoms with Crippen LogP contribution >= 0.6 is 11.6 Å². The lowest BCUT2D eigenvalue weighted by atomic mass is 10.1. The largest absolute Gasteiger partial charge is 0.490 e. The van der Waals surface area contributed by atoms with Crippen LogP contribution in [0.15, 0.2) is 36.4 Å². The van der Waals surface area contributed by atoms with Crippen LogP contribution in [-0.2, 0) is 20.7 Å². The molecule has 0 bridgehead atoms. The van der Waals surface area contributed by atoms with Gasteiger partial charge in [-0.05, 0) is 17.7 Å². The number of esters is 1. The van der Waals surface area contributed by atoms with Crippen LogP contribution in [-0.4, -0.2) is 38.8 Å². The normalized spacial score (nSPS) is 12.6. The number of methoxy groups -OCH3 is 1. The summed E-state index contributed by atoms with van der Waals surface area (Å²) >= 11 is 6.22. The fourth-order valence-corrected chi connectivity index (χ4v) is 2.76. The lowest BCUT2D eigenvalue weighted by Gasteiger charge is -2.13. The quantitative estimate of drug-likeness (QED) is 0.743. The molecule has 148 valence electrons. The van der Waals surface area contributed by atoms with Crippen molar-refractivity contribution in [3.05, 3.63) is 47.0 Å². The van der Waals surface area contributed by atoms with Crippen LogP contribution in [0, 0.1) is 0 Å². The van der Waals surface area contributed by atoms with Gasteiger partial charge in [-0.15, -0.1) is 0 Å². The summed E-state index contributed by atoms with van der Waals surface area (Å²) in [6, 6.07) is 10.1. The predicted octanol–water partition coefficient (Wildman–Crippen LogP) is 3.23. The zero-order valence-electron chi connectivity index (χ0n) is 15.3. The number of halogens is 1. The van der Waals surface area contributed by atoms with Gasteiger partial charge in [-0.25, -0.2) is 0 Å². The first-order valence-electron chi connectivity index (χ1n) is 8.72. The third-order valence-electron chi connectivity index (χ3n) is 3.98. The van der Waals surface area contributed by atoms with Gasteiger partial charge < -0.3 is 24.3 Å². The zero-order chi connectivity index (χ0) is 19.9. The van der Waals surface area contributed by atoms with Crippen LogP contribution in [0.5, 0.6) is 17.2 Å². The average molecular weight is 406 g/mol. The molecule has 0 fully saturated rings. The number of fused-ring (bicyclic) bond motifs is 1. The van der Waals surface area contributed by atoms with Crippen LogP contribution in [0.2, 0.25) is 5.02 Å². The molecule has 1 aliphatic rings. The van der Waals surface area contributed by atoms with Gasteiger partial charge in [-0.3, -0.25) is 9.59 Å². The molecular formula is C20H20ClNO6. The Morgan fingerprint density at radius 3 is 2.46 bits per heavy atom. The van der Waals surface area contributed by atoms with Crippen molar-refractivity contribution in [3.63, 3.8) is 0 Å². The number of benzene rings is 2. The van der Waals surface area contributed by atoms with E-state index in [0.717, 1.165) is 12.0 Å². The number of amides is 1. The van der Waals surface area contributed by atoms with E-state index >= 15 is 0 Å². The molecular weight excluding hydrogens is 386 g/mol. The molecule has 7 nitrogen and oxygen atoms in total. The molecule has 28 heavy (non-hydrogen) atoms. The molecule has 8 heteroatoms. The zero-order valence-corrected chi connectivity index (χ0v) is 16.1. The summed E-state index contributed by atoms with van der Waals surface area (Å²) in [5.41, 5.74) is 1.22. The number of hydrogen-bond acceptors (Lipinski definition) is 6. The molecule has 3 rings (SSSR count). The Morgan fingerprint density at radius 1 is 1.11 bits per heavy atom. The van der Waals surface area contributed by atoms with Crippen molar-refractivity contribution >= 4 is 29.2 Å². The highest BCUT2D eigenvalue weighted by molar-refractivity contribution is 6.34. The predicted molar refractivity (Wildman–Crippen MR) is 103 cm³/mol. The summed E-state index contributed by atoms with van der Waals surface area (Å²) in [7, 11) is 1.34. The van der Waals surface area contributed by atoms with Crippen molar-refractivity contribution < 1.29 is 28.5 Å². The maximum atomic E-state index is 12.2.